The summed E-state index contributed by atoms with van der Waals surface area (Å²) in [4.78, 5) is 0. The molecule has 0 saturated heterocycles. The van der Waals surface area contributed by atoms with Gasteiger partial charge in [0, 0.05) is 6.61 Å². The Morgan fingerprint density at radius 1 is 1.67 bits per heavy atom. The van der Waals surface area contributed by atoms with Crippen LogP contribution in [0.3, 0.4) is 0 Å². The predicted octanol–water partition coefficient (Wildman–Crippen LogP) is -0.919. The maximum Gasteiger partial charge on any atom is 2.00 e. The van der Waals surface area contributed by atoms with Crippen molar-refractivity contribution in [2.45, 2.75) is 6.92 Å². The summed E-state index contributed by atoms with van der Waals surface area (Å²) >= 11 is 0. The van der Waals surface area contributed by atoms with Gasteiger partial charge in [-0.3, -0.25) is 0 Å². The normalized spacial score (nSPS) is 3.00. The first kappa shape index (κ1) is 25.7. The van der Waals surface area contributed by atoms with E-state index in [9.17, 15) is 0 Å². The molecule has 38 valence electrons. The van der Waals surface area contributed by atoms with Gasteiger partial charge >= 0.3 is 23.1 Å². The Hall–Kier alpha value is 1.55. The van der Waals surface area contributed by atoms with E-state index < -0.39 is 0 Å². The zero-order chi connectivity index (χ0) is 2.71. The monoisotopic (exact) mass is 138 g/mol. The number of hydrogen-bond acceptors (Lipinski definition) is 1. The van der Waals surface area contributed by atoms with E-state index in [4.69, 9.17) is 5.11 Å². The molecule has 0 aliphatic heterocycles. The van der Waals surface area contributed by atoms with Gasteiger partial charge in [-0.15, -0.1) is 12.4 Å². The second kappa shape index (κ2) is 31.0. The molecular formula is C2H12AlClMgO. The van der Waals surface area contributed by atoms with Crippen LogP contribution in [0, 0.1) is 0 Å². The zero-order valence-corrected chi connectivity index (χ0v) is 5.50. The van der Waals surface area contributed by atoms with Gasteiger partial charge in [-0.1, -0.05) is 0 Å². The smallest absolute Gasteiger partial charge is 1.00 e. The van der Waals surface area contributed by atoms with E-state index in [0.29, 0.717) is 0 Å². The zero-order valence-electron chi connectivity index (χ0n) is 5.27. The molecule has 0 bridgehead atoms. The molecule has 0 aliphatic rings. The molecule has 0 fully saturated rings. The molecule has 1 nitrogen and oxygen atoms in total. The molecule has 6 heavy (non-hydrogen) atoms. The minimum Gasteiger partial charge on any atom is -1.00 e. The van der Waals surface area contributed by atoms with Crippen LogP contribution in [-0.2, 0) is 0 Å². The Morgan fingerprint density at radius 3 is 1.67 bits per heavy atom. The van der Waals surface area contributed by atoms with Gasteiger partial charge in [0.05, 0.1) is 0 Å². The first-order chi connectivity index (χ1) is 1.41. The maximum absolute atomic E-state index is 7.57. The van der Waals surface area contributed by atoms with E-state index >= 15 is 0 Å². The Labute approximate surface area is 74.2 Å². The Bertz CT molecular complexity index is 20.0. The minimum atomic E-state index is 0. The number of halogens is 1. The molecule has 4 heteroatoms. The predicted molar refractivity (Wildman–Crippen MR) is 37.9 cm³/mol. The van der Waals surface area contributed by atoms with Crippen molar-refractivity contribution in [2.24, 2.45) is 0 Å². The van der Waals surface area contributed by atoms with Gasteiger partial charge in [-0.05, 0) is 6.92 Å². The van der Waals surface area contributed by atoms with Gasteiger partial charge in [0.1, 0.15) is 0 Å². The topological polar surface area (TPSA) is 20.2 Å². The van der Waals surface area contributed by atoms with Crippen molar-refractivity contribution in [3.63, 3.8) is 0 Å². The van der Waals surface area contributed by atoms with Crippen molar-refractivity contribution in [3.8, 4) is 0 Å². The van der Waals surface area contributed by atoms with Crippen LogP contribution in [-0.4, -0.2) is 52.1 Å². The van der Waals surface area contributed by atoms with Crippen LogP contribution in [0.15, 0.2) is 0 Å². The van der Waals surface area contributed by atoms with Crippen molar-refractivity contribution < 1.29 is 7.96 Å². The Balaban J connectivity index is -0.00000000200. The van der Waals surface area contributed by atoms with Crippen LogP contribution < -0.4 is 0 Å². The molecule has 0 aromatic heterocycles. The molecule has 0 aromatic carbocycles. The molecule has 0 radical (unpaired) electrons. The summed E-state index contributed by atoms with van der Waals surface area (Å²) in [7, 11) is 0. The molecule has 0 rings (SSSR count). The summed E-state index contributed by atoms with van der Waals surface area (Å²) < 4.78 is 0. The average molecular weight is 139 g/mol. The summed E-state index contributed by atoms with van der Waals surface area (Å²) in [6.45, 7) is 1.93. The van der Waals surface area contributed by atoms with Gasteiger partial charge in [0.15, 0.2) is 17.4 Å². The second-order valence-corrected chi connectivity index (χ2v) is 0.316. The third-order valence-electron chi connectivity index (χ3n) is 0. The van der Waals surface area contributed by atoms with Gasteiger partial charge in [0.2, 0.25) is 0 Å². The van der Waals surface area contributed by atoms with Crippen LogP contribution in [0.5, 0.6) is 0 Å². The molecule has 0 aliphatic carbocycles. The van der Waals surface area contributed by atoms with E-state index in [-0.39, 0.29) is 62.3 Å². The second-order valence-electron chi connectivity index (χ2n) is 0.316. The van der Waals surface area contributed by atoms with E-state index in [1.165, 1.54) is 0 Å². The van der Waals surface area contributed by atoms with Gasteiger partial charge in [0.25, 0.3) is 0 Å². The van der Waals surface area contributed by atoms with Crippen LogP contribution in [0.4, 0.5) is 0 Å². The first-order valence-corrected chi connectivity index (χ1v) is 1.02. The molecule has 0 unspecified atom stereocenters. The minimum absolute atomic E-state index is 0. The van der Waals surface area contributed by atoms with Crippen molar-refractivity contribution in [1.29, 1.82) is 0 Å². The quantitative estimate of drug-likeness (QED) is 0.430. The van der Waals surface area contributed by atoms with Gasteiger partial charge in [-0.2, -0.15) is 0 Å². The number of aliphatic hydroxyl groups excluding tert-OH is 1. The molecule has 0 aromatic rings. The molecule has 0 saturated carbocycles. The van der Waals surface area contributed by atoms with Crippen molar-refractivity contribution in [3.05, 3.63) is 0 Å². The van der Waals surface area contributed by atoms with E-state index in [1.54, 1.807) is 6.92 Å². The molecule has 0 heterocycles. The average Bonchev–Trinajstić information content (AvgIpc) is 0.918. The van der Waals surface area contributed by atoms with Gasteiger partial charge < -0.3 is 7.96 Å². The maximum atomic E-state index is 7.57. The molecule has 1 N–H and O–H groups in total. The summed E-state index contributed by atoms with van der Waals surface area (Å²) in [6, 6.07) is 0. The van der Waals surface area contributed by atoms with Crippen LogP contribution in [0.2, 0.25) is 0 Å². The summed E-state index contributed by atoms with van der Waals surface area (Å²) in [5, 5.41) is 7.57. The summed E-state index contributed by atoms with van der Waals surface area (Å²) in [5.74, 6) is 0. The third-order valence-corrected chi connectivity index (χ3v) is 0. The number of aliphatic hydroxyl groups is 1. The van der Waals surface area contributed by atoms with E-state index in [1.807, 2.05) is 0 Å². The summed E-state index contributed by atoms with van der Waals surface area (Å²) in [6.07, 6.45) is 0. The van der Waals surface area contributed by atoms with E-state index in [2.05, 4.69) is 0 Å². The standard InChI is InChI=1S/C2H6O.Al.ClH.Mg.5H/c1-2-3;;;;;;;;/h3H,2H2,1H3;;1H;;;;;;/q;;;+2;;;;2*-1. The van der Waals surface area contributed by atoms with Crippen LogP contribution in [0.25, 0.3) is 0 Å². The Kier molecular flexibility index (Phi) is 133. The Morgan fingerprint density at radius 2 is 1.67 bits per heavy atom. The first-order valence-electron chi connectivity index (χ1n) is 1.02. The SMILES string of the molecule is CCO.Cl.[AlH3].[H-].[H-].[Mg+2]. The van der Waals surface area contributed by atoms with Crippen molar-refractivity contribution in [2.75, 3.05) is 6.61 Å². The number of hydrogen-bond donors (Lipinski definition) is 1. The summed E-state index contributed by atoms with van der Waals surface area (Å²) in [5.41, 5.74) is 0. The fourth-order valence-corrected chi connectivity index (χ4v) is 0. The van der Waals surface area contributed by atoms with Crippen LogP contribution >= 0.6 is 12.4 Å². The fourth-order valence-electron chi connectivity index (χ4n) is 0. The molecule has 0 spiro atoms. The molecule has 0 amide bonds. The van der Waals surface area contributed by atoms with E-state index in [0.717, 1.165) is 0 Å². The van der Waals surface area contributed by atoms with Crippen molar-refractivity contribution >= 4 is 52.8 Å². The molecule has 0 atom stereocenters. The third kappa shape index (κ3) is 47.9. The van der Waals surface area contributed by atoms with Gasteiger partial charge in [-0.25, -0.2) is 0 Å². The largest absolute Gasteiger partial charge is 2.00 e. The number of rotatable bonds is 0. The fraction of sp³-hybridized carbons (Fsp3) is 1.00. The molecular weight excluding hydrogens is 127 g/mol. The van der Waals surface area contributed by atoms with Crippen molar-refractivity contribution in [1.82, 2.24) is 0 Å². The van der Waals surface area contributed by atoms with Crippen LogP contribution in [0.1, 0.15) is 9.78 Å².